The molecule has 33 heavy (non-hydrogen) atoms. The van der Waals surface area contributed by atoms with Crippen molar-refractivity contribution < 1.29 is 4.79 Å². The molecule has 1 aliphatic heterocycles. The first-order valence-corrected chi connectivity index (χ1v) is 11.2. The standard InChI is InChI=1S/C28H28N4O/c1-22-9-8-14-26(19-22)30-28(33)25(20-29)21-31-15-17-32(18-16-31)27(23-10-4-2-5-11-23)24-12-6-3-7-13-24/h2-14,19,21,27H,15-18H2,1H3,(H,30,33)/b25-21-. The SMILES string of the molecule is Cc1cccc(NC(=O)/C(C#N)=C\N2CCN(C(c3ccccc3)c3ccccc3)CC2)c1. The van der Waals surface area contributed by atoms with Gasteiger partial charge < -0.3 is 10.2 Å². The Morgan fingerprint density at radius 1 is 0.909 bits per heavy atom. The van der Waals surface area contributed by atoms with Crippen molar-refractivity contribution in [3.63, 3.8) is 0 Å². The predicted molar refractivity (Wildman–Crippen MR) is 131 cm³/mol. The van der Waals surface area contributed by atoms with Crippen LogP contribution in [-0.2, 0) is 4.79 Å². The van der Waals surface area contributed by atoms with Crippen LogP contribution in [0.3, 0.4) is 0 Å². The summed E-state index contributed by atoms with van der Waals surface area (Å²) in [6.45, 7) is 5.14. The lowest BCUT2D eigenvalue weighted by Gasteiger charge is -2.39. The lowest BCUT2D eigenvalue weighted by Crippen LogP contribution is -2.46. The highest BCUT2D eigenvalue weighted by Crippen LogP contribution is 2.29. The molecule has 0 aliphatic carbocycles. The van der Waals surface area contributed by atoms with Gasteiger partial charge in [0.2, 0.25) is 0 Å². The van der Waals surface area contributed by atoms with Crippen LogP contribution in [0.5, 0.6) is 0 Å². The van der Waals surface area contributed by atoms with Crippen LogP contribution < -0.4 is 5.32 Å². The fourth-order valence-electron chi connectivity index (χ4n) is 4.25. The van der Waals surface area contributed by atoms with Gasteiger partial charge in [-0.25, -0.2) is 0 Å². The zero-order valence-corrected chi connectivity index (χ0v) is 18.8. The number of nitriles is 1. The zero-order valence-electron chi connectivity index (χ0n) is 18.8. The van der Waals surface area contributed by atoms with Crippen LogP contribution in [0.2, 0.25) is 0 Å². The van der Waals surface area contributed by atoms with Crippen molar-refractivity contribution in [1.82, 2.24) is 9.80 Å². The highest BCUT2D eigenvalue weighted by Gasteiger charge is 2.26. The van der Waals surface area contributed by atoms with Crippen molar-refractivity contribution in [3.05, 3.63) is 113 Å². The maximum Gasteiger partial charge on any atom is 0.267 e. The summed E-state index contributed by atoms with van der Waals surface area (Å²) in [5.41, 5.74) is 4.40. The zero-order chi connectivity index (χ0) is 23.0. The first kappa shape index (κ1) is 22.3. The molecule has 0 bridgehead atoms. The van der Waals surface area contributed by atoms with Crippen molar-refractivity contribution in [2.45, 2.75) is 13.0 Å². The molecule has 1 heterocycles. The van der Waals surface area contributed by atoms with E-state index in [0.717, 1.165) is 31.7 Å². The van der Waals surface area contributed by atoms with E-state index in [1.807, 2.05) is 43.3 Å². The maximum atomic E-state index is 12.6. The van der Waals surface area contributed by atoms with E-state index in [0.29, 0.717) is 5.69 Å². The quantitative estimate of drug-likeness (QED) is 0.448. The summed E-state index contributed by atoms with van der Waals surface area (Å²) in [6, 6.07) is 30.9. The second-order valence-corrected chi connectivity index (χ2v) is 8.27. The summed E-state index contributed by atoms with van der Waals surface area (Å²) < 4.78 is 0. The summed E-state index contributed by atoms with van der Waals surface area (Å²) in [6.07, 6.45) is 1.70. The third-order valence-electron chi connectivity index (χ3n) is 5.90. The Balaban J connectivity index is 1.45. The lowest BCUT2D eigenvalue weighted by atomic mass is 9.96. The molecule has 0 spiro atoms. The monoisotopic (exact) mass is 436 g/mol. The molecule has 166 valence electrons. The minimum absolute atomic E-state index is 0.118. The number of hydrogen-bond donors (Lipinski definition) is 1. The van der Waals surface area contributed by atoms with Crippen LogP contribution in [0.1, 0.15) is 22.7 Å². The van der Waals surface area contributed by atoms with Gasteiger partial charge >= 0.3 is 0 Å². The van der Waals surface area contributed by atoms with Crippen LogP contribution in [0.15, 0.2) is 96.7 Å². The minimum Gasteiger partial charge on any atom is -0.374 e. The Morgan fingerprint density at radius 2 is 1.52 bits per heavy atom. The van der Waals surface area contributed by atoms with Gasteiger partial charge in [-0.3, -0.25) is 9.69 Å². The summed E-state index contributed by atoms with van der Waals surface area (Å²) in [5, 5.41) is 12.4. The molecular formula is C28H28N4O. The Hall–Kier alpha value is -3.88. The molecule has 4 rings (SSSR count). The number of rotatable bonds is 6. The maximum absolute atomic E-state index is 12.6. The number of carbonyl (C=O) groups is 1. The van der Waals surface area contributed by atoms with E-state index in [2.05, 4.69) is 69.7 Å². The Labute approximate surface area is 195 Å². The van der Waals surface area contributed by atoms with E-state index < -0.39 is 0 Å². The Kier molecular flexibility index (Phi) is 7.19. The second kappa shape index (κ2) is 10.6. The molecule has 0 unspecified atom stereocenters. The van der Waals surface area contributed by atoms with Crippen LogP contribution in [0.25, 0.3) is 0 Å². The number of carbonyl (C=O) groups excluding carboxylic acids is 1. The molecule has 0 aromatic heterocycles. The lowest BCUT2D eigenvalue weighted by molar-refractivity contribution is -0.112. The Bertz CT molecular complexity index is 1100. The second-order valence-electron chi connectivity index (χ2n) is 8.27. The fraction of sp³-hybridized carbons (Fsp3) is 0.214. The van der Waals surface area contributed by atoms with Crippen LogP contribution in [0, 0.1) is 18.3 Å². The number of nitrogens with one attached hydrogen (secondary N) is 1. The van der Waals surface area contributed by atoms with Gasteiger partial charge in [-0.2, -0.15) is 5.26 Å². The number of anilines is 1. The van der Waals surface area contributed by atoms with Gasteiger partial charge in [0.1, 0.15) is 11.6 Å². The molecule has 3 aromatic rings. The van der Waals surface area contributed by atoms with Gasteiger partial charge in [0, 0.05) is 38.1 Å². The van der Waals surface area contributed by atoms with E-state index >= 15 is 0 Å². The van der Waals surface area contributed by atoms with Crippen molar-refractivity contribution in [3.8, 4) is 6.07 Å². The third kappa shape index (κ3) is 5.68. The van der Waals surface area contributed by atoms with Gasteiger partial charge in [0.05, 0.1) is 6.04 Å². The van der Waals surface area contributed by atoms with Crippen LogP contribution >= 0.6 is 0 Å². The molecule has 1 aliphatic rings. The van der Waals surface area contributed by atoms with Gasteiger partial charge in [-0.1, -0.05) is 72.8 Å². The van der Waals surface area contributed by atoms with Crippen molar-refractivity contribution in [1.29, 1.82) is 5.26 Å². The smallest absolute Gasteiger partial charge is 0.267 e. The van der Waals surface area contributed by atoms with E-state index in [4.69, 9.17) is 0 Å². The van der Waals surface area contributed by atoms with E-state index in [-0.39, 0.29) is 17.5 Å². The fourth-order valence-corrected chi connectivity index (χ4v) is 4.25. The summed E-state index contributed by atoms with van der Waals surface area (Å²) in [7, 11) is 0. The number of piperazine rings is 1. The largest absolute Gasteiger partial charge is 0.374 e. The molecule has 5 nitrogen and oxygen atoms in total. The van der Waals surface area contributed by atoms with Crippen molar-refractivity contribution in [2.24, 2.45) is 0 Å². The van der Waals surface area contributed by atoms with Crippen LogP contribution in [-0.4, -0.2) is 41.9 Å². The first-order chi connectivity index (χ1) is 16.1. The number of nitrogens with zero attached hydrogens (tertiary/aromatic N) is 3. The van der Waals surface area contributed by atoms with Crippen molar-refractivity contribution >= 4 is 11.6 Å². The number of hydrogen-bond acceptors (Lipinski definition) is 4. The van der Waals surface area contributed by atoms with Gasteiger partial charge in [0.25, 0.3) is 5.91 Å². The molecule has 1 fully saturated rings. The number of benzene rings is 3. The van der Waals surface area contributed by atoms with Gasteiger partial charge in [0.15, 0.2) is 0 Å². The van der Waals surface area contributed by atoms with Crippen LogP contribution in [0.4, 0.5) is 5.69 Å². The number of amides is 1. The number of aryl methyl sites for hydroxylation is 1. The average molecular weight is 437 g/mol. The van der Waals surface area contributed by atoms with E-state index in [9.17, 15) is 10.1 Å². The molecule has 3 aromatic carbocycles. The summed E-state index contributed by atoms with van der Waals surface area (Å²) in [5.74, 6) is -0.378. The van der Waals surface area contributed by atoms with E-state index in [1.54, 1.807) is 6.20 Å². The molecule has 0 radical (unpaired) electrons. The molecule has 0 saturated carbocycles. The minimum atomic E-state index is -0.378. The van der Waals surface area contributed by atoms with Gasteiger partial charge in [-0.15, -0.1) is 0 Å². The van der Waals surface area contributed by atoms with Crippen molar-refractivity contribution in [2.75, 3.05) is 31.5 Å². The molecule has 1 N–H and O–H groups in total. The Morgan fingerprint density at radius 3 is 2.06 bits per heavy atom. The average Bonchev–Trinajstić information content (AvgIpc) is 2.85. The van der Waals surface area contributed by atoms with Gasteiger partial charge in [-0.05, 0) is 35.7 Å². The summed E-state index contributed by atoms with van der Waals surface area (Å²) >= 11 is 0. The third-order valence-corrected chi connectivity index (χ3v) is 5.90. The molecule has 0 atom stereocenters. The molecule has 1 amide bonds. The molecule has 5 heteroatoms. The topological polar surface area (TPSA) is 59.4 Å². The first-order valence-electron chi connectivity index (χ1n) is 11.2. The normalized spacial score (nSPS) is 14.7. The highest BCUT2D eigenvalue weighted by atomic mass is 16.1. The predicted octanol–water partition coefficient (Wildman–Crippen LogP) is 4.75. The highest BCUT2D eigenvalue weighted by molar-refractivity contribution is 6.06. The summed E-state index contributed by atoms with van der Waals surface area (Å²) in [4.78, 5) is 17.2. The molecule has 1 saturated heterocycles. The molecular weight excluding hydrogens is 408 g/mol. The van der Waals surface area contributed by atoms with E-state index in [1.165, 1.54) is 11.1 Å².